The lowest BCUT2D eigenvalue weighted by molar-refractivity contribution is -0.127. The first-order valence-corrected chi connectivity index (χ1v) is 5.37. The third-order valence-electron chi connectivity index (χ3n) is 3.19. The standard InChI is InChI=1S/C12H16O2/c1-2-3-4-12(13)9-7-10-5-6-11(8-9)14-10/h9-11H,4-8H2,1H3. The Morgan fingerprint density at radius 3 is 2.57 bits per heavy atom. The predicted octanol–water partition coefficient (Wildman–Crippen LogP) is 1.93. The third-order valence-corrected chi connectivity index (χ3v) is 3.19. The number of hydrogen-bond acceptors (Lipinski definition) is 2. The summed E-state index contributed by atoms with van der Waals surface area (Å²) in [5.41, 5.74) is 0. The quantitative estimate of drug-likeness (QED) is 0.625. The van der Waals surface area contributed by atoms with E-state index in [4.69, 9.17) is 4.74 Å². The van der Waals surface area contributed by atoms with Gasteiger partial charge in [0, 0.05) is 5.92 Å². The van der Waals surface area contributed by atoms with Gasteiger partial charge < -0.3 is 4.74 Å². The third kappa shape index (κ3) is 1.99. The lowest BCUT2D eigenvalue weighted by atomic mass is 9.90. The highest BCUT2D eigenvalue weighted by Crippen LogP contribution is 2.36. The highest BCUT2D eigenvalue weighted by molar-refractivity contribution is 5.83. The van der Waals surface area contributed by atoms with Crippen molar-refractivity contribution in [1.29, 1.82) is 0 Å². The van der Waals surface area contributed by atoms with Crippen molar-refractivity contribution >= 4 is 5.78 Å². The number of rotatable bonds is 2. The second-order valence-electron chi connectivity index (χ2n) is 4.20. The molecular formula is C12H16O2. The number of carbonyl (C=O) groups excluding carboxylic acids is 1. The van der Waals surface area contributed by atoms with Crippen LogP contribution < -0.4 is 0 Å². The first-order chi connectivity index (χ1) is 6.79. The molecule has 2 fully saturated rings. The van der Waals surface area contributed by atoms with E-state index < -0.39 is 0 Å². The maximum absolute atomic E-state index is 11.7. The number of ketones is 1. The second kappa shape index (κ2) is 4.14. The summed E-state index contributed by atoms with van der Waals surface area (Å²) < 4.78 is 5.69. The van der Waals surface area contributed by atoms with E-state index in [1.165, 1.54) is 0 Å². The molecule has 2 unspecified atom stereocenters. The summed E-state index contributed by atoms with van der Waals surface area (Å²) in [7, 11) is 0. The van der Waals surface area contributed by atoms with Crippen LogP contribution in [0.5, 0.6) is 0 Å². The van der Waals surface area contributed by atoms with Crippen molar-refractivity contribution < 1.29 is 9.53 Å². The topological polar surface area (TPSA) is 26.3 Å². The normalized spacial score (nSPS) is 34.8. The molecule has 76 valence electrons. The Labute approximate surface area is 85.0 Å². The number of carbonyl (C=O) groups is 1. The first-order valence-electron chi connectivity index (χ1n) is 5.37. The Balaban J connectivity index is 1.91. The van der Waals surface area contributed by atoms with Crippen molar-refractivity contribution in [2.45, 2.75) is 51.2 Å². The fourth-order valence-corrected chi connectivity index (χ4v) is 2.44. The molecule has 2 aliphatic rings. The molecule has 0 N–H and O–H groups in total. The summed E-state index contributed by atoms with van der Waals surface area (Å²) in [5, 5.41) is 0. The summed E-state index contributed by atoms with van der Waals surface area (Å²) in [6.45, 7) is 1.78. The van der Waals surface area contributed by atoms with E-state index >= 15 is 0 Å². The molecule has 2 heteroatoms. The van der Waals surface area contributed by atoms with Crippen molar-refractivity contribution in [3.05, 3.63) is 0 Å². The molecule has 0 aromatic heterocycles. The SMILES string of the molecule is CC#CCC(=O)C1CC2CCC(C1)O2. The van der Waals surface area contributed by atoms with Crippen LogP contribution in [-0.4, -0.2) is 18.0 Å². The molecule has 2 bridgehead atoms. The fourth-order valence-electron chi connectivity index (χ4n) is 2.44. The summed E-state index contributed by atoms with van der Waals surface area (Å²) in [5.74, 6) is 6.17. The van der Waals surface area contributed by atoms with Gasteiger partial charge in [-0.3, -0.25) is 4.79 Å². The largest absolute Gasteiger partial charge is 0.375 e. The molecule has 0 spiro atoms. The van der Waals surface area contributed by atoms with Crippen LogP contribution in [0, 0.1) is 17.8 Å². The second-order valence-corrected chi connectivity index (χ2v) is 4.20. The van der Waals surface area contributed by atoms with Gasteiger partial charge in [-0.1, -0.05) is 5.92 Å². The van der Waals surface area contributed by atoms with Gasteiger partial charge in [-0.25, -0.2) is 0 Å². The highest BCUT2D eigenvalue weighted by Gasteiger charge is 2.37. The van der Waals surface area contributed by atoms with Crippen LogP contribution in [0.15, 0.2) is 0 Å². The van der Waals surface area contributed by atoms with E-state index in [-0.39, 0.29) is 5.92 Å². The number of fused-ring (bicyclic) bond motifs is 2. The van der Waals surface area contributed by atoms with Crippen LogP contribution in [0.4, 0.5) is 0 Å². The zero-order valence-corrected chi connectivity index (χ0v) is 8.58. The smallest absolute Gasteiger partial charge is 0.148 e. The van der Waals surface area contributed by atoms with Gasteiger partial charge in [0.15, 0.2) is 0 Å². The zero-order chi connectivity index (χ0) is 9.97. The average Bonchev–Trinajstić information content (AvgIpc) is 2.54. The van der Waals surface area contributed by atoms with Gasteiger partial charge in [0.25, 0.3) is 0 Å². The maximum atomic E-state index is 11.7. The molecule has 2 heterocycles. The predicted molar refractivity (Wildman–Crippen MR) is 53.7 cm³/mol. The zero-order valence-electron chi connectivity index (χ0n) is 8.58. The monoisotopic (exact) mass is 192 g/mol. The lowest BCUT2D eigenvalue weighted by Gasteiger charge is -2.26. The maximum Gasteiger partial charge on any atom is 0.148 e. The minimum absolute atomic E-state index is 0.224. The Morgan fingerprint density at radius 1 is 1.36 bits per heavy atom. The van der Waals surface area contributed by atoms with Gasteiger partial charge in [0.2, 0.25) is 0 Å². The summed E-state index contributed by atoms with van der Waals surface area (Å²) in [4.78, 5) is 11.7. The lowest BCUT2D eigenvalue weighted by Crippen LogP contribution is -2.29. The van der Waals surface area contributed by atoms with Crippen LogP contribution >= 0.6 is 0 Å². The van der Waals surface area contributed by atoms with Gasteiger partial charge in [-0.2, -0.15) is 0 Å². The number of Topliss-reactive ketones (excluding diaryl/α,β-unsaturated/α-hetero) is 1. The minimum Gasteiger partial charge on any atom is -0.375 e. The molecule has 2 saturated heterocycles. The van der Waals surface area contributed by atoms with Gasteiger partial charge in [-0.05, 0) is 32.6 Å². The van der Waals surface area contributed by atoms with Crippen LogP contribution in [0.2, 0.25) is 0 Å². The molecular weight excluding hydrogens is 176 g/mol. The van der Waals surface area contributed by atoms with E-state index in [0.29, 0.717) is 24.4 Å². The van der Waals surface area contributed by atoms with Gasteiger partial charge in [0.05, 0.1) is 18.6 Å². The Bertz CT molecular complexity index is 272. The van der Waals surface area contributed by atoms with Crippen LogP contribution in [0.25, 0.3) is 0 Å². The molecule has 0 aromatic rings. The van der Waals surface area contributed by atoms with E-state index in [1.807, 2.05) is 0 Å². The average molecular weight is 192 g/mol. The Hall–Kier alpha value is -0.810. The molecule has 0 saturated carbocycles. The van der Waals surface area contributed by atoms with Crippen molar-refractivity contribution in [2.75, 3.05) is 0 Å². The van der Waals surface area contributed by atoms with E-state index in [0.717, 1.165) is 25.7 Å². The Morgan fingerprint density at radius 2 is 2.00 bits per heavy atom. The molecule has 0 amide bonds. The van der Waals surface area contributed by atoms with Gasteiger partial charge in [0.1, 0.15) is 5.78 Å². The summed E-state index contributed by atoms with van der Waals surface area (Å²) in [6.07, 6.45) is 5.30. The molecule has 2 aliphatic heterocycles. The fraction of sp³-hybridized carbons (Fsp3) is 0.750. The van der Waals surface area contributed by atoms with Crippen molar-refractivity contribution in [2.24, 2.45) is 5.92 Å². The molecule has 2 atom stereocenters. The summed E-state index contributed by atoms with van der Waals surface area (Å²) in [6, 6.07) is 0. The van der Waals surface area contributed by atoms with Gasteiger partial charge >= 0.3 is 0 Å². The van der Waals surface area contributed by atoms with E-state index in [2.05, 4.69) is 11.8 Å². The van der Waals surface area contributed by atoms with Gasteiger partial charge in [-0.15, -0.1) is 5.92 Å². The van der Waals surface area contributed by atoms with Crippen LogP contribution in [-0.2, 0) is 9.53 Å². The van der Waals surface area contributed by atoms with Crippen LogP contribution in [0.1, 0.15) is 39.0 Å². The molecule has 14 heavy (non-hydrogen) atoms. The van der Waals surface area contributed by atoms with E-state index in [9.17, 15) is 4.79 Å². The number of ether oxygens (including phenoxy) is 1. The molecule has 0 aliphatic carbocycles. The van der Waals surface area contributed by atoms with Crippen molar-refractivity contribution in [1.82, 2.24) is 0 Å². The van der Waals surface area contributed by atoms with E-state index in [1.54, 1.807) is 6.92 Å². The molecule has 0 aromatic carbocycles. The van der Waals surface area contributed by atoms with Crippen molar-refractivity contribution in [3.8, 4) is 11.8 Å². The molecule has 2 rings (SSSR count). The Kier molecular flexibility index (Phi) is 2.88. The van der Waals surface area contributed by atoms with Crippen LogP contribution in [0.3, 0.4) is 0 Å². The molecule has 0 radical (unpaired) electrons. The first kappa shape index (κ1) is 9.73. The highest BCUT2D eigenvalue weighted by atomic mass is 16.5. The molecule has 2 nitrogen and oxygen atoms in total. The minimum atomic E-state index is 0.224. The summed E-state index contributed by atoms with van der Waals surface area (Å²) >= 11 is 0. The van der Waals surface area contributed by atoms with Crippen molar-refractivity contribution in [3.63, 3.8) is 0 Å². The number of hydrogen-bond donors (Lipinski definition) is 0.